The first-order chi connectivity index (χ1) is 9.83. The van der Waals surface area contributed by atoms with Crippen LogP contribution in [0.25, 0.3) is 0 Å². The Balaban J connectivity index is 1.93. The number of nitrogens with zero attached hydrogens (tertiary/aromatic N) is 3. The standard InChI is InChI=1S/C15H23N3O2S/c1-11-7-8-16-13(17-11)21-12-6-5-9-18(10-12)14(19)20-15(2,3)4/h7-8,12H,5-6,9-10H2,1-4H3/t12-/m0/s1. The fourth-order valence-corrected chi connectivity index (χ4v) is 3.31. The average Bonchev–Trinajstić information content (AvgIpc) is 2.37. The summed E-state index contributed by atoms with van der Waals surface area (Å²) in [4.78, 5) is 22.6. The molecule has 0 radical (unpaired) electrons. The molecule has 1 amide bonds. The molecule has 0 aromatic carbocycles. The third-order valence-electron chi connectivity index (χ3n) is 3.07. The number of piperidine rings is 1. The number of hydrogen-bond donors (Lipinski definition) is 0. The van der Waals surface area contributed by atoms with Crippen LogP contribution in [-0.4, -0.2) is 44.9 Å². The number of likely N-dealkylation sites (tertiary alicyclic amines) is 1. The van der Waals surface area contributed by atoms with E-state index in [-0.39, 0.29) is 6.09 Å². The second-order valence-electron chi connectivity index (χ2n) is 6.29. The van der Waals surface area contributed by atoms with Gasteiger partial charge >= 0.3 is 6.09 Å². The Morgan fingerprint density at radius 2 is 2.24 bits per heavy atom. The highest BCUT2D eigenvalue weighted by molar-refractivity contribution is 7.99. The Bertz CT molecular complexity index is 502. The van der Waals surface area contributed by atoms with Gasteiger partial charge in [-0.05, 0) is 46.6 Å². The smallest absolute Gasteiger partial charge is 0.410 e. The molecule has 116 valence electrons. The zero-order chi connectivity index (χ0) is 15.5. The minimum Gasteiger partial charge on any atom is -0.444 e. The maximum absolute atomic E-state index is 12.1. The summed E-state index contributed by atoms with van der Waals surface area (Å²) in [6, 6.07) is 1.89. The van der Waals surface area contributed by atoms with Crippen LogP contribution in [0.15, 0.2) is 17.4 Å². The molecule has 0 N–H and O–H groups in total. The second-order valence-corrected chi connectivity index (χ2v) is 7.56. The van der Waals surface area contributed by atoms with Gasteiger partial charge in [0.2, 0.25) is 0 Å². The van der Waals surface area contributed by atoms with Crippen molar-refractivity contribution in [2.24, 2.45) is 0 Å². The van der Waals surface area contributed by atoms with E-state index in [1.165, 1.54) is 0 Å². The molecule has 1 aliphatic rings. The topological polar surface area (TPSA) is 55.3 Å². The molecule has 2 heterocycles. The van der Waals surface area contributed by atoms with Crippen molar-refractivity contribution in [2.45, 2.75) is 56.5 Å². The van der Waals surface area contributed by atoms with Crippen molar-refractivity contribution in [2.75, 3.05) is 13.1 Å². The van der Waals surface area contributed by atoms with E-state index in [9.17, 15) is 4.79 Å². The summed E-state index contributed by atoms with van der Waals surface area (Å²) in [6.45, 7) is 9.09. The second kappa shape index (κ2) is 6.64. The van der Waals surface area contributed by atoms with Gasteiger partial charge in [-0.1, -0.05) is 11.8 Å². The summed E-state index contributed by atoms with van der Waals surface area (Å²) in [5.74, 6) is 0. The van der Waals surface area contributed by atoms with Gasteiger partial charge in [0.1, 0.15) is 5.60 Å². The molecule has 2 rings (SSSR count). The van der Waals surface area contributed by atoms with Gasteiger partial charge in [-0.15, -0.1) is 0 Å². The number of rotatable bonds is 2. The first-order valence-electron chi connectivity index (χ1n) is 7.28. The van der Waals surface area contributed by atoms with Crippen molar-refractivity contribution in [3.8, 4) is 0 Å². The molecule has 1 fully saturated rings. The molecule has 0 aliphatic carbocycles. The van der Waals surface area contributed by atoms with E-state index in [1.807, 2.05) is 33.8 Å². The van der Waals surface area contributed by atoms with Crippen molar-refractivity contribution in [3.63, 3.8) is 0 Å². The number of aromatic nitrogens is 2. The quantitative estimate of drug-likeness (QED) is 0.785. The Hall–Kier alpha value is -1.30. The lowest BCUT2D eigenvalue weighted by Gasteiger charge is -2.33. The van der Waals surface area contributed by atoms with Crippen molar-refractivity contribution in [1.82, 2.24) is 14.9 Å². The predicted octanol–water partition coefficient (Wildman–Crippen LogP) is 3.28. The maximum Gasteiger partial charge on any atom is 0.410 e. The molecular formula is C15H23N3O2S. The van der Waals surface area contributed by atoms with Crippen LogP contribution in [-0.2, 0) is 4.74 Å². The molecule has 1 aliphatic heterocycles. The molecular weight excluding hydrogens is 286 g/mol. The average molecular weight is 309 g/mol. The summed E-state index contributed by atoms with van der Waals surface area (Å²) < 4.78 is 5.44. The van der Waals surface area contributed by atoms with Crippen LogP contribution in [0.4, 0.5) is 4.79 Å². The largest absolute Gasteiger partial charge is 0.444 e. The highest BCUT2D eigenvalue weighted by Gasteiger charge is 2.28. The minimum atomic E-state index is -0.448. The van der Waals surface area contributed by atoms with Gasteiger partial charge in [-0.25, -0.2) is 14.8 Å². The minimum absolute atomic E-state index is 0.224. The summed E-state index contributed by atoms with van der Waals surface area (Å²) >= 11 is 1.65. The van der Waals surface area contributed by atoms with Crippen molar-refractivity contribution in [1.29, 1.82) is 0 Å². The number of amides is 1. The molecule has 0 unspecified atom stereocenters. The fraction of sp³-hybridized carbons (Fsp3) is 0.667. The fourth-order valence-electron chi connectivity index (χ4n) is 2.16. The van der Waals surface area contributed by atoms with E-state index in [2.05, 4.69) is 9.97 Å². The predicted molar refractivity (Wildman–Crippen MR) is 83.5 cm³/mol. The Morgan fingerprint density at radius 1 is 1.48 bits per heavy atom. The first-order valence-corrected chi connectivity index (χ1v) is 8.16. The van der Waals surface area contributed by atoms with Gasteiger partial charge in [0.25, 0.3) is 0 Å². The number of carbonyl (C=O) groups excluding carboxylic acids is 1. The lowest BCUT2D eigenvalue weighted by molar-refractivity contribution is 0.0220. The third kappa shape index (κ3) is 5.19. The SMILES string of the molecule is Cc1ccnc(S[C@H]2CCCN(C(=O)OC(C)(C)C)C2)n1. The Labute approximate surface area is 130 Å². The Kier molecular flexibility index (Phi) is 5.08. The molecule has 5 nitrogen and oxygen atoms in total. The maximum atomic E-state index is 12.1. The van der Waals surface area contributed by atoms with Crippen LogP contribution < -0.4 is 0 Å². The van der Waals surface area contributed by atoms with E-state index in [4.69, 9.17) is 4.74 Å². The van der Waals surface area contributed by atoms with E-state index in [0.717, 1.165) is 30.2 Å². The molecule has 1 saturated heterocycles. The normalized spacial score (nSPS) is 19.4. The van der Waals surface area contributed by atoms with Crippen LogP contribution >= 0.6 is 11.8 Å². The molecule has 0 bridgehead atoms. The molecule has 6 heteroatoms. The highest BCUT2D eigenvalue weighted by atomic mass is 32.2. The zero-order valence-electron chi connectivity index (χ0n) is 13.1. The molecule has 0 saturated carbocycles. The summed E-state index contributed by atoms with van der Waals surface area (Å²) in [7, 11) is 0. The van der Waals surface area contributed by atoms with Crippen molar-refractivity contribution >= 4 is 17.9 Å². The number of thioether (sulfide) groups is 1. The van der Waals surface area contributed by atoms with Gasteiger partial charge in [-0.2, -0.15) is 0 Å². The lowest BCUT2D eigenvalue weighted by Crippen LogP contribution is -2.43. The summed E-state index contributed by atoms with van der Waals surface area (Å²) in [6.07, 6.45) is 3.61. The van der Waals surface area contributed by atoms with Gasteiger partial charge in [-0.3, -0.25) is 0 Å². The number of hydrogen-bond acceptors (Lipinski definition) is 5. The van der Waals surface area contributed by atoms with Crippen molar-refractivity contribution < 1.29 is 9.53 Å². The van der Waals surface area contributed by atoms with Gasteiger partial charge in [0.15, 0.2) is 5.16 Å². The number of aryl methyl sites for hydroxylation is 1. The number of ether oxygens (including phenoxy) is 1. The third-order valence-corrected chi connectivity index (χ3v) is 4.20. The van der Waals surface area contributed by atoms with E-state index in [0.29, 0.717) is 11.8 Å². The molecule has 1 aromatic rings. The molecule has 21 heavy (non-hydrogen) atoms. The summed E-state index contributed by atoms with van der Waals surface area (Å²) in [5, 5.41) is 1.11. The zero-order valence-corrected chi connectivity index (χ0v) is 13.9. The van der Waals surface area contributed by atoms with Crippen LogP contribution in [0.3, 0.4) is 0 Å². The van der Waals surface area contributed by atoms with Crippen LogP contribution in [0, 0.1) is 6.92 Å². The Morgan fingerprint density at radius 3 is 2.90 bits per heavy atom. The molecule has 1 aromatic heterocycles. The molecule has 1 atom stereocenters. The van der Waals surface area contributed by atoms with Gasteiger partial charge in [0.05, 0.1) is 0 Å². The van der Waals surface area contributed by atoms with Crippen LogP contribution in [0.1, 0.15) is 39.3 Å². The monoisotopic (exact) mass is 309 g/mol. The lowest BCUT2D eigenvalue weighted by atomic mass is 10.1. The number of carbonyl (C=O) groups is 1. The molecule has 0 spiro atoms. The van der Waals surface area contributed by atoms with E-state index in [1.54, 1.807) is 22.9 Å². The van der Waals surface area contributed by atoms with Gasteiger partial charge in [0, 0.05) is 30.2 Å². The van der Waals surface area contributed by atoms with Gasteiger partial charge < -0.3 is 9.64 Å². The summed E-state index contributed by atoms with van der Waals surface area (Å²) in [5.41, 5.74) is 0.518. The van der Waals surface area contributed by atoms with E-state index < -0.39 is 5.60 Å². The first kappa shape index (κ1) is 16.1. The highest BCUT2D eigenvalue weighted by Crippen LogP contribution is 2.27. The van der Waals surface area contributed by atoms with Crippen molar-refractivity contribution in [3.05, 3.63) is 18.0 Å². The van der Waals surface area contributed by atoms with E-state index >= 15 is 0 Å². The van der Waals surface area contributed by atoms with Crippen LogP contribution in [0.2, 0.25) is 0 Å². The van der Waals surface area contributed by atoms with Crippen LogP contribution in [0.5, 0.6) is 0 Å².